The molecule has 0 bridgehead atoms. The highest BCUT2D eigenvalue weighted by atomic mass is 16.5. The number of hydrogen-bond donors (Lipinski definition) is 1. The molecule has 1 aromatic carbocycles. The van der Waals surface area contributed by atoms with Gasteiger partial charge in [0.05, 0.1) is 13.7 Å². The number of carbonyl (C=O) groups excluding carboxylic acids is 2. The van der Waals surface area contributed by atoms with Crippen molar-refractivity contribution in [2.45, 2.75) is 39.2 Å². The summed E-state index contributed by atoms with van der Waals surface area (Å²) in [7, 11) is 1.31. The van der Waals surface area contributed by atoms with E-state index in [0.717, 1.165) is 12.8 Å². The van der Waals surface area contributed by atoms with Crippen LogP contribution < -0.4 is 10.1 Å². The molecule has 1 saturated carbocycles. The number of methoxy groups -OCH3 is 1. The summed E-state index contributed by atoms with van der Waals surface area (Å²) in [5.41, 5.74) is -0.0594. The van der Waals surface area contributed by atoms with Crippen molar-refractivity contribution in [3.63, 3.8) is 0 Å². The second-order valence-corrected chi connectivity index (χ2v) is 5.90. The smallest absolute Gasteiger partial charge is 0.341 e. The van der Waals surface area contributed by atoms with Gasteiger partial charge in [-0.15, -0.1) is 0 Å². The third-order valence-corrected chi connectivity index (χ3v) is 4.19. The van der Waals surface area contributed by atoms with Crippen LogP contribution in [0.15, 0.2) is 18.2 Å². The van der Waals surface area contributed by atoms with Crippen molar-refractivity contribution in [2.24, 2.45) is 5.92 Å². The molecule has 1 aromatic rings. The molecule has 0 spiro atoms. The Balaban J connectivity index is 2.22. The Kier molecular flexibility index (Phi) is 5.83. The van der Waals surface area contributed by atoms with Gasteiger partial charge < -0.3 is 19.5 Å². The lowest BCUT2D eigenvalue weighted by Gasteiger charge is -2.28. The van der Waals surface area contributed by atoms with Crippen LogP contribution in [0.2, 0.25) is 0 Å². The fraction of sp³-hybridized carbons (Fsp3) is 0.556. The summed E-state index contributed by atoms with van der Waals surface area (Å²) in [6, 6.07) is 4.92. The number of esters is 1. The van der Waals surface area contributed by atoms with Crippen LogP contribution in [0.3, 0.4) is 0 Å². The summed E-state index contributed by atoms with van der Waals surface area (Å²) in [5, 5.41) is 2.85. The zero-order valence-electron chi connectivity index (χ0n) is 14.7. The Bertz CT molecular complexity index is 611. The molecule has 0 heterocycles. The van der Waals surface area contributed by atoms with Crippen molar-refractivity contribution >= 4 is 17.6 Å². The number of rotatable bonds is 8. The van der Waals surface area contributed by atoms with Gasteiger partial charge in [-0.05, 0) is 57.7 Å². The zero-order chi connectivity index (χ0) is 17.7. The van der Waals surface area contributed by atoms with E-state index in [9.17, 15) is 9.59 Å². The zero-order valence-corrected chi connectivity index (χ0v) is 14.7. The van der Waals surface area contributed by atoms with Gasteiger partial charge in [0.25, 0.3) is 5.91 Å². The third kappa shape index (κ3) is 3.87. The Morgan fingerprint density at radius 3 is 2.50 bits per heavy atom. The fourth-order valence-electron chi connectivity index (χ4n) is 2.72. The molecule has 1 fully saturated rings. The standard InChI is InChI=1S/C18H25NO5/c1-5-23-15-10-9-13(11-14(15)16(20)22-4)19-17(21)18(3,24-6-2)12-7-8-12/h9-12H,5-8H2,1-4H3,(H,19,21). The molecule has 0 aromatic heterocycles. The van der Waals surface area contributed by atoms with Gasteiger partial charge in [0.1, 0.15) is 16.9 Å². The SMILES string of the molecule is CCOc1ccc(NC(=O)C(C)(OCC)C2CC2)cc1C(=O)OC. The van der Waals surface area contributed by atoms with Gasteiger partial charge in [0.2, 0.25) is 0 Å². The van der Waals surface area contributed by atoms with Crippen molar-refractivity contribution in [1.82, 2.24) is 0 Å². The maximum Gasteiger partial charge on any atom is 0.341 e. The second kappa shape index (κ2) is 7.66. The molecule has 1 aliphatic rings. The van der Waals surface area contributed by atoms with Crippen LogP contribution in [-0.2, 0) is 14.3 Å². The predicted molar refractivity (Wildman–Crippen MR) is 90.3 cm³/mol. The van der Waals surface area contributed by atoms with E-state index in [2.05, 4.69) is 5.32 Å². The number of amides is 1. The number of hydrogen-bond acceptors (Lipinski definition) is 5. The predicted octanol–water partition coefficient (Wildman–Crippen LogP) is 3.02. The number of nitrogens with one attached hydrogen (secondary N) is 1. The summed E-state index contributed by atoms with van der Waals surface area (Å²) in [5.74, 6) is -0.0477. The summed E-state index contributed by atoms with van der Waals surface area (Å²) >= 11 is 0. The molecule has 1 N–H and O–H groups in total. The van der Waals surface area contributed by atoms with Gasteiger partial charge in [-0.25, -0.2) is 4.79 Å². The van der Waals surface area contributed by atoms with Crippen LogP contribution in [0.1, 0.15) is 44.0 Å². The normalized spacial score (nSPS) is 16.2. The maximum absolute atomic E-state index is 12.7. The molecule has 2 rings (SSSR count). The van der Waals surface area contributed by atoms with E-state index in [0.29, 0.717) is 24.7 Å². The summed E-state index contributed by atoms with van der Waals surface area (Å²) in [6.45, 7) is 6.43. The van der Waals surface area contributed by atoms with E-state index in [1.807, 2.05) is 20.8 Å². The monoisotopic (exact) mass is 335 g/mol. The molecular formula is C18H25NO5. The van der Waals surface area contributed by atoms with Gasteiger partial charge in [-0.3, -0.25) is 4.79 Å². The molecule has 0 radical (unpaired) electrons. The van der Waals surface area contributed by atoms with Crippen LogP contribution in [0.5, 0.6) is 5.75 Å². The molecule has 0 aliphatic heterocycles. The fourth-order valence-corrected chi connectivity index (χ4v) is 2.72. The Morgan fingerprint density at radius 2 is 1.96 bits per heavy atom. The second-order valence-electron chi connectivity index (χ2n) is 5.90. The molecule has 132 valence electrons. The van der Waals surface area contributed by atoms with Gasteiger partial charge in [0.15, 0.2) is 0 Å². The van der Waals surface area contributed by atoms with Crippen LogP contribution in [0, 0.1) is 5.92 Å². The third-order valence-electron chi connectivity index (χ3n) is 4.19. The molecule has 24 heavy (non-hydrogen) atoms. The molecule has 1 aliphatic carbocycles. The number of benzene rings is 1. The molecule has 1 amide bonds. The average Bonchev–Trinajstić information content (AvgIpc) is 3.41. The number of carbonyl (C=O) groups is 2. The van der Waals surface area contributed by atoms with Crippen molar-refractivity contribution in [2.75, 3.05) is 25.6 Å². The first kappa shape index (κ1) is 18.3. The van der Waals surface area contributed by atoms with E-state index in [1.165, 1.54) is 7.11 Å². The Morgan fingerprint density at radius 1 is 1.25 bits per heavy atom. The highest BCUT2D eigenvalue weighted by molar-refractivity contribution is 5.99. The Labute approximate surface area is 142 Å². The molecule has 6 heteroatoms. The topological polar surface area (TPSA) is 73.9 Å². The minimum absolute atomic E-state index is 0.202. The summed E-state index contributed by atoms with van der Waals surface area (Å²) in [6.07, 6.45) is 1.97. The van der Waals surface area contributed by atoms with Gasteiger partial charge in [0, 0.05) is 12.3 Å². The van der Waals surface area contributed by atoms with Crippen LogP contribution in [0.25, 0.3) is 0 Å². The van der Waals surface area contributed by atoms with E-state index >= 15 is 0 Å². The van der Waals surface area contributed by atoms with Crippen molar-refractivity contribution < 1.29 is 23.8 Å². The van der Waals surface area contributed by atoms with Crippen molar-refractivity contribution in [1.29, 1.82) is 0 Å². The first-order valence-electron chi connectivity index (χ1n) is 8.26. The summed E-state index contributed by atoms with van der Waals surface area (Å²) < 4.78 is 15.9. The molecule has 1 unspecified atom stereocenters. The van der Waals surface area contributed by atoms with Crippen LogP contribution in [0.4, 0.5) is 5.69 Å². The van der Waals surface area contributed by atoms with Crippen LogP contribution >= 0.6 is 0 Å². The lowest BCUT2D eigenvalue weighted by Crippen LogP contribution is -2.44. The number of ether oxygens (including phenoxy) is 3. The number of anilines is 1. The lowest BCUT2D eigenvalue weighted by molar-refractivity contribution is -0.141. The van der Waals surface area contributed by atoms with E-state index in [-0.39, 0.29) is 17.4 Å². The highest BCUT2D eigenvalue weighted by Crippen LogP contribution is 2.42. The first-order valence-corrected chi connectivity index (χ1v) is 8.26. The van der Waals surface area contributed by atoms with Gasteiger partial charge in [-0.2, -0.15) is 0 Å². The summed E-state index contributed by atoms with van der Waals surface area (Å²) in [4.78, 5) is 24.6. The molecule has 1 atom stereocenters. The Hall–Kier alpha value is -2.08. The molecule has 0 saturated heterocycles. The largest absolute Gasteiger partial charge is 0.493 e. The van der Waals surface area contributed by atoms with Gasteiger partial charge >= 0.3 is 5.97 Å². The molecule has 6 nitrogen and oxygen atoms in total. The maximum atomic E-state index is 12.7. The average molecular weight is 335 g/mol. The van der Waals surface area contributed by atoms with Gasteiger partial charge in [-0.1, -0.05) is 0 Å². The van der Waals surface area contributed by atoms with Crippen molar-refractivity contribution in [3.8, 4) is 5.75 Å². The minimum Gasteiger partial charge on any atom is -0.493 e. The van der Waals surface area contributed by atoms with E-state index < -0.39 is 11.6 Å². The first-order chi connectivity index (χ1) is 11.5. The van der Waals surface area contributed by atoms with Crippen LogP contribution in [-0.4, -0.2) is 37.8 Å². The minimum atomic E-state index is -0.848. The lowest BCUT2D eigenvalue weighted by atomic mass is 9.98. The van der Waals surface area contributed by atoms with E-state index in [4.69, 9.17) is 14.2 Å². The quantitative estimate of drug-likeness (QED) is 0.739. The molecular weight excluding hydrogens is 310 g/mol. The van der Waals surface area contributed by atoms with Crippen molar-refractivity contribution in [3.05, 3.63) is 23.8 Å². The highest BCUT2D eigenvalue weighted by Gasteiger charge is 2.48. The van der Waals surface area contributed by atoms with E-state index in [1.54, 1.807) is 18.2 Å².